The number of hydrogen-bond donors (Lipinski definition) is 0. The van der Waals surface area contributed by atoms with Crippen molar-refractivity contribution in [2.75, 3.05) is 69.3 Å². The van der Waals surface area contributed by atoms with E-state index in [1.54, 1.807) is 9.13 Å². The highest BCUT2D eigenvalue weighted by atomic mass is 35.5. The molecule has 2 aromatic rings. The van der Waals surface area contributed by atoms with E-state index < -0.39 is 0 Å². The standard InChI is InChI=1S/C19H29ClN5O4S/c1-30(2)12-11-29-13-24-15-16(23-5-9-28-10-6-23)21-18(20)22-17(15)25(19(24)26)14-3-7-27-8-4-14/h14H,3-13H2,1-2H3/q+1. The second kappa shape index (κ2) is 9.86. The van der Waals surface area contributed by atoms with Crippen molar-refractivity contribution in [3.63, 3.8) is 0 Å². The lowest BCUT2D eigenvalue weighted by Gasteiger charge is -2.28. The van der Waals surface area contributed by atoms with E-state index in [1.165, 1.54) is 0 Å². The van der Waals surface area contributed by atoms with Crippen LogP contribution in [0.2, 0.25) is 5.28 Å². The van der Waals surface area contributed by atoms with Gasteiger partial charge in [-0.15, -0.1) is 0 Å². The normalized spacial score (nSPS) is 18.6. The second-order valence-electron chi connectivity index (χ2n) is 7.74. The van der Waals surface area contributed by atoms with Crippen LogP contribution in [0.15, 0.2) is 4.79 Å². The van der Waals surface area contributed by atoms with Gasteiger partial charge >= 0.3 is 5.69 Å². The number of ether oxygens (including phenoxy) is 3. The van der Waals surface area contributed by atoms with Crippen LogP contribution in [0.5, 0.6) is 0 Å². The molecule has 0 unspecified atom stereocenters. The van der Waals surface area contributed by atoms with Crippen LogP contribution in [0, 0.1) is 0 Å². The fourth-order valence-electron chi connectivity index (χ4n) is 3.90. The molecule has 0 amide bonds. The SMILES string of the molecule is C[S+](C)CCOCn1c(=O)n(C2CCOCC2)c2nc(Cl)nc(N3CCOCC3)c21. The Labute approximate surface area is 183 Å². The number of morpholine rings is 1. The van der Waals surface area contributed by atoms with Crippen molar-refractivity contribution >= 4 is 39.5 Å². The summed E-state index contributed by atoms with van der Waals surface area (Å²) in [4.78, 5) is 24.6. The van der Waals surface area contributed by atoms with Gasteiger partial charge in [0.2, 0.25) is 5.28 Å². The Morgan fingerprint density at radius 1 is 1.13 bits per heavy atom. The first-order chi connectivity index (χ1) is 14.6. The fraction of sp³-hybridized carbons (Fsp3) is 0.737. The maximum atomic E-state index is 13.5. The van der Waals surface area contributed by atoms with Crippen LogP contribution in [0.4, 0.5) is 5.82 Å². The number of aromatic nitrogens is 4. The fourth-order valence-corrected chi connectivity index (χ4v) is 4.51. The molecular weight excluding hydrogens is 430 g/mol. The molecule has 0 atom stereocenters. The van der Waals surface area contributed by atoms with Crippen LogP contribution in [0.3, 0.4) is 0 Å². The van der Waals surface area contributed by atoms with Crippen LogP contribution in [0.1, 0.15) is 18.9 Å². The van der Waals surface area contributed by atoms with E-state index in [-0.39, 0.29) is 34.6 Å². The van der Waals surface area contributed by atoms with Crippen molar-refractivity contribution < 1.29 is 14.2 Å². The Morgan fingerprint density at radius 2 is 1.83 bits per heavy atom. The van der Waals surface area contributed by atoms with Gasteiger partial charge in [-0.2, -0.15) is 9.97 Å². The van der Waals surface area contributed by atoms with E-state index in [0.717, 1.165) is 18.6 Å². The first-order valence-electron chi connectivity index (χ1n) is 10.3. The summed E-state index contributed by atoms with van der Waals surface area (Å²) < 4.78 is 20.3. The number of fused-ring (bicyclic) bond motifs is 1. The zero-order valence-corrected chi connectivity index (χ0v) is 19.1. The van der Waals surface area contributed by atoms with Crippen LogP contribution in [-0.4, -0.2) is 83.5 Å². The Bertz CT molecular complexity index is 922. The van der Waals surface area contributed by atoms with Crippen molar-refractivity contribution in [2.45, 2.75) is 25.6 Å². The zero-order chi connectivity index (χ0) is 21.1. The van der Waals surface area contributed by atoms with Crippen molar-refractivity contribution in [3.8, 4) is 0 Å². The van der Waals surface area contributed by atoms with Crippen LogP contribution < -0.4 is 10.6 Å². The smallest absolute Gasteiger partial charge is 0.332 e. The van der Waals surface area contributed by atoms with E-state index in [1.807, 2.05) is 0 Å². The molecule has 2 aliphatic heterocycles. The van der Waals surface area contributed by atoms with Gasteiger partial charge in [0.25, 0.3) is 0 Å². The molecule has 4 heterocycles. The second-order valence-corrected chi connectivity index (χ2v) is 10.5. The number of imidazole rings is 1. The molecule has 0 saturated carbocycles. The lowest BCUT2D eigenvalue weighted by atomic mass is 10.1. The average Bonchev–Trinajstić information content (AvgIpc) is 3.02. The summed E-state index contributed by atoms with van der Waals surface area (Å²) in [7, 11) is 0.288. The number of halogens is 1. The molecule has 2 fully saturated rings. The quantitative estimate of drug-likeness (QED) is 0.351. The van der Waals surface area contributed by atoms with Crippen LogP contribution >= 0.6 is 11.6 Å². The predicted molar refractivity (Wildman–Crippen MR) is 119 cm³/mol. The molecule has 0 radical (unpaired) electrons. The molecule has 9 nitrogen and oxygen atoms in total. The Hall–Kier alpha value is -1.33. The topological polar surface area (TPSA) is 83.6 Å². The summed E-state index contributed by atoms with van der Waals surface area (Å²) in [5.74, 6) is 1.64. The van der Waals surface area contributed by atoms with E-state index in [4.69, 9.17) is 25.8 Å². The van der Waals surface area contributed by atoms with Gasteiger partial charge < -0.3 is 19.1 Å². The highest BCUT2D eigenvalue weighted by Crippen LogP contribution is 2.30. The third kappa shape index (κ3) is 4.62. The molecule has 166 valence electrons. The summed E-state index contributed by atoms with van der Waals surface area (Å²) in [5.41, 5.74) is 1.13. The summed E-state index contributed by atoms with van der Waals surface area (Å²) in [6, 6.07) is 0.0238. The predicted octanol–water partition coefficient (Wildman–Crippen LogP) is 1.29. The number of hydrogen-bond acceptors (Lipinski definition) is 7. The van der Waals surface area contributed by atoms with Gasteiger partial charge in [-0.05, 0) is 35.3 Å². The van der Waals surface area contributed by atoms with Gasteiger partial charge in [0.1, 0.15) is 18.0 Å². The van der Waals surface area contributed by atoms with E-state index in [9.17, 15) is 4.79 Å². The molecular formula is C19H29ClN5O4S+. The summed E-state index contributed by atoms with van der Waals surface area (Å²) in [6.07, 6.45) is 5.89. The third-order valence-electron chi connectivity index (χ3n) is 5.48. The molecule has 0 aromatic carbocycles. The van der Waals surface area contributed by atoms with Crippen LogP contribution in [0.25, 0.3) is 11.2 Å². The van der Waals surface area contributed by atoms with Gasteiger partial charge in [0, 0.05) is 32.3 Å². The Kier molecular flexibility index (Phi) is 7.20. The van der Waals surface area contributed by atoms with Gasteiger partial charge in [-0.1, -0.05) is 0 Å². The molecule has 2 saturated heterocycles. The highest BCUT2D eigenvalue weighted by Gasteiger charge is 2.28. The van der Waals surface area contributed by atoms with Gasteiger partial charge in [-0.25, -0.2) is 4.79 Å². The zero-order valence-electron chi connectivity index (χ0n) is 17.5. The molecule has 0 bridgehead atoms. The summed E-state index contributed by atoms with van der Waals surface area (Å²) in [6.45, 7) is 4.64. The number of nitrogens with zero attached hydrogens (tertiary/aromatic N) is 5. The van der Waals surface area contributed by atoms with E-state index in [2.05, 4.69) is 27.4 Å². The molecule has 0 spiro atoms. The largest absolute Gasteiger partial charge is 0.381 e. The molecule has 4 rings (SSSR count). The lowest BCUT2D eigenvalue weighted by Crippen LogP contribution is -2.37. The maximum absolute atomic E-state index is 13.5. The first-order valence-corrected chi connectivity index (χ1v) is 12.9. The molecule has 0 aliphatic carbocycles. The minimum absolute atomic E-state index is 0.0238. The van der Waals surface area contributed by atoms with Crippen molar-refractivity contribution in [2.24, 2.45) is 0 Å². The minimum Gasteiger partial charge on any atom is -0.381 e. The van der Waals surface area contributed by atoms with Crippen LogP contribution in [-0.2, 0) is 31.8 Å². The molecule has 0 N–H and O–H groups in total. The number of anilines is 1. The molecule has 2 aliphatic rings. The van der Waals surface area contributed by atoms with Gasteiger partial charge in [0.05, 0.1) is 32.3 Å². The van der Waals surface area contributed by atoms with Gasteiger partial charge in [-0.3, -0.25) is 9.13 Å². The summed E-state index contributed by atoms with van der Waals surface area (Å²) >= 11 is 6.32. The molecule has 11 heteroatoms. The monoisotopic (exact) mass is 458 g/mol. The molecule has 2 aromatic heterocycles. The van der Waals surface area contributed by atoms with Crippen molar-refractivity contribution in [1.82, 2.24) is 19.1 Å². The van der Waals surface area contributed by atoms with Crippen molar-refractivity contribution in [3.05, 3.63) is 15.8 Å². The lowest BCUT2D eigenvalue weighted by molar-refractivity contribution is 0.0671. The number of rotatable bonds is 7. The van der Waals surface area contributed by atoms with E-state index in [0.29, 0.717) is 63.1 Å². The van der Waals surface area contributed by atoms with Crippen molar-refractivity contribution in [1.29, 1.82) is 0 Å². The van der Waals surface area contributed by atoms with Gasteiger partial charge in [0.15, 0.2) is 11.5 Å². The maximum Gasteiger partial charge on any atom is 0.332 e. The van der Waals surface area contributed by atoms with E-state index >= 15 is 0 Å². The third-order valence-corrected chi connectivity index (χ3v) is 6.63. The highest BCUT2D eigenvalue weighted by molar-refractivity contribution is 7.95. The average molecular weight is 459 g/mol. The Morgan fingerprint density at radius 3 is 2.53 bits per heavy atom. The minimum atomic E-state index is -0.130. The summed E-state index contributed by atoms with van der Waals surface area (Å²) in [5, 5.41) is 0.142. The molecule has 30 heavy (non-hydrogen) atoms. The first kappa shape index (κ1) is 21.9. The Balaban J connectivity index is 1.79.